The molecule has 1 rings (SSSR count). The first-order valence-electron chi connectivity index (χ1n) is 8.32. The minimum absolute atomic E-state index is 0.797. The summed E-state index contributed by atoms with van der Waals surface area (Å²) in [5, 5.41) is 3.66. The highest BCUT2D eigenvalue weighted by atomic mass is 15.1. The molecular formula is C16H34N2. The van der Waals surface area contributed by atoms with E-state index in [4.69, 9.17) is 0 Å². The number of hydrogen-bond donors (Lipinski definition) is 1. The molecule has 1 saturated heterocycles. The molecule has 2 heteroatoms. The number of likely N-dealkylation sites (tertiary alicyclic amines) is 1. The second kappa shape index (κ2) is 10.8. The van der Waals surface area contributed by atoms with Crippen molar-refractivity contribution in [3.05, 3.63) is 0 Å². The van der Waals surface area contributed by atoms with Gasteiger partial charge < -0.3 is 10.2 Å². The Bertz CT molecular complexity index is 174. The topological polar surface area (TPSA) is 15.3 Å². The van der Waals surface area contributed by atoms with E-state index in [1.807, 2.05) is 0 Å². The maximum Gasteiger partial charge on any atom is 0.00914 e. The Kier molecular flexibility index (Phi) is 9.59. The number of rotatable bonds is 10. The fourth-order valence-electron chi connectivity index (χ4n) is 2.82. The average molecular weight is 254 g/mol. The smallest absolute Gasteiger partial charge is 0.00914 e. The Morgan fingerprint density at radius 3 is 2.22 bits per heavy atom. The van der Waals surface area contributed by atoms with Gasteiger partial charge in [-0.2, -0.15) is 0 Å². The van der Waals surface area contributed by atoms with Crippen LogP contribution in [0.4, 0.5) is 0 Å². The molecule has 1 aliphatic heterocycles. The van der Waals surface area contributed by atoms with Crippen LogP contribution in [0.1, 0.15) is 71.6 Å². The zero-order valence-electron chi connectivity index (χ0n) is 12.7. The normalized spacial score (nSPS) is 18.3. The fraction of sp³-hybridized carbons (Fsp3) is 1.00. The first-order chi connectivity index (χ1) is 8.86. The number of nitrogens with zero attached hydrogens (tertiary/aromatic N) is 1. The van der Waals surface area contributed by atoms with Crippen LogP contribution in [-0.2, 0) is 0 Å². The summed E-state index contributed by atoms with van der Waals surface area (Å²) in [5.41, 5.74) is 0. The molecule has 0 aromatic carbocycles. The van der Waals surface area contributed by atoms with Gasteiger partial charge in [-0.25, -0.2) is 0 Å². The number of piperidine rings is 1. The Morgan fingerprint density at radius 2 is 1.56 bits per heavy atom. The van der Waals surface area contributed by atoms with Crippen LogP contribution in [0.5, 0.6) is 0 Å². The molecule has 1 fully saturated rings. The van der Waals surface area contributed by atoms with E-state index in [0.717, 1.165) is 6.04 Å². The first-order valence-corrected chi connectivity index (χ1v) is 8.32. The minimum atomic E-state index is 0.797. The van der Waals surface area contributed by atoms with Crippen molar-refractivity contribution >= 4 is 0 Å². The van der Waals surface area contributed by atoms with Gasteiger partial charge in [0.25, 0.3) is 0 Å². The lowest BCUT2D eigenvalue weighted by Gasteiger charge is -2.32. The van der Waals surface area contributed by atoms with Gasteiger partial charge in [-0.15, -0.1) is 0 Å². The summed E-state index contributed by atoms with van der Waals surface area (Å²) in [6.45, 7) is 9.71. The molecule has 1 heterocycles. The summed E-state index contributed by atoms with van der Waals surface area (Å²) in [5.74, 6) is 0. The van der Waals surface area contributed by atoms with Crippen LogP contribution in [0, 0.1) is 0 Å². The summed E-state index contributed by atoms with van der Waals surface area (Å²) < 4.78 is 0. The standard InChI is InChI=1S/C16H34N2/c1-3-5-6-7-8-9-13-18-14-10-16(11-15-18)17-12-4-2/h16-17H,3-15H2,1-2H3. The van der Waals surface area contributed by atoms with Crippen LogP contribution in [0.3, 0.4) is 0 Å². The van der Waals surface area contributed by atoms with Gasteiger partial charge in [-0.3, -0.25) is 0 Å². The molecule has 0 aromatic rings. The summed E-state index contributed by atoms with van der Waals surface area (Å²) in [4.78, 5) is 2.67. The van der Waals surface area contributed by atoms with Crippen molar-refractivity contribution in [3.8, 4) is 0 Å². The molecule has 0 aliphatic carbocycles. The predicted molar refractivity (Wildman–Crippen MR) is 81.1 cm³/mol. The molecule has 0 bridgehead atoms. The third kappa shape index (κ3) is 7.38. The third-order valence-corrected chi connectivity index (χ3v) is 4.10. The van der Waals surface area contributed by atoms with E-state index in [1.54, 1.807) is 0 Å². The maximum atomic E-state index is 3.66. The van der Waals surface area contributed by atoms with Crippen LogP contribution < -0.4 is 5.32 Å². The van der Waals surface area contributed by atoms with E-state index in [9.17, 15) is 0 Å². The molecule has 0 radical (unpaired) electrons. The van der Waals surface area contributed by atoms with Crippen molar-refractivity contribution < 1.29 is 0 Å². The van der Waals surface area contributed by atoms with Crippen molar-refractivity contribution in [2.45, 2.75) is 77.7 Å². The SMILES string of the molecule is CCCCCCCCN1CCC(NCCC)CC1. The van der Waals surface area contributed by atoms with Gasteiger partial charge in [0.15, 0.2) is 0 Å². The fourth-order valence-corrected chi connectivity index (χ4v) is 2.82. The molecule has 0 saturated carbocycles. The highest BCUT2D eigenvalue weighted by molar-refractivity contribution is 4.76. The maximum absolute atomic E-state index is 3.66. The largest absolute Gasteiger partial charge is 0.314 e. The molecule has 108 valence electrons. The monoisotopic (exact) mass is 254 g/mol. The second-order valence-corrected chi connectivity index (χ2v) is 5.84. The van der Waals surface area contributed by atoms with E-state index < -0.39 is 0 Å². The summed E-state index contributed by atoms with van der Waals surface area (Å²) in [6, 6.07) is 0.797. The summed E-state index contributed by atoms with van der Waals surface area (Å²) in [6.07, 6.45) is 12.5. The second-order valence-electron chi connectivity index (χ2n) is 5.84. The van der Waals surface area contributed by atoms with E-state index in [1.165, 1.54) is 84.0 Å². The highest BCUT2D eigenvalue weighted by Crippen LogP contribution is 2.12. The lowest BCUT2D eigenvalue weighted by Crippen LogP contribution is -2.42. The zero-order chi connectivity index (χ0) is 13.1. The average Bonchev–Trinajstić information content (AvgIpc) is 2.42. The third-order valence-electron chi connectivity index (χ3n) is 4.10. The van der Waals surface area contributed by atoms with Gasteiger partial charge in [0, 0.05) is 6.04 Å². The molecule has 0 spiro atoms. The molecule has 0 amide bonds. The van der Waals surface area contributed by atoms with E-state index >= 15 is 0 Å². The van der Waals surface area contributed by atoms with Crippen molar-refractivity contribution in [2.24, 2.45) is 0 Å². The summed E-state index contributed by atoms with van der Waals surface area (Å²) >= 11 is 0. The Labute approximate surface area is 115 Å². The van der Waals surface area contributed by atoms with E-state index in [2.05, 4.69) is 24.1 Å². The van der Waals surface area contributed by atoms with Crippen LogP contribution >= 0.6 is 0 Å². The van der Waals surface area contributed by atoms with Crippen LogP contribution in [0.25, 0.3) is 0 Å². The van der Waals surface area contributed by atoms with Gasteiger partial charge in [0.1, 0.15) is 0 Å². The van der Waals surface area contributed by atoms with Crippen LogP contribution in [0.15, 0.2) is 0 Å². The van der Waals surface area contributed by atoms with Gasteiger partial charge in [-0.05, 0) is 51.9 Å². The molecule has 1 aliphatic rings. The lowest BCUT2D eigenvalue weighted by molar-refractivity contribution is 0.194. The number of nitrogens with one attached hydrogen (secondary N) is 1. The minimum Gasteiger partial charge on any atom is -0.314 e. The Balaban J connectivity index is 1.92. The molecule has 0 atom stereocenters. The van der Waals surface area contributed by atoms with Gasteiger partial charge in [-0.1, -0.05) is 46.0 Å². The molecule has 2 nitrogen and oxygen atoms in total. The van der Waals surface area contributed by atoms with Crippen molar-refractivity contribution in [3.63, 3.8) is 0 Å². The molecule has 1 N–H and O–H groups in total. The van der Waals surface area contributed by atoms with Gasteiger partial charge >= 0.3 is 0 Å². The quantitative estimate of drug-likeness (QED) is 0.596. The van der Waals surface area contributed by atoms with Crippen molar-refractivity contribution in [2.75, 3.05) is 26.2 Å². The van der Waals surface area contributed by atoms with Crippen molar-refractivity contribution in [1.82, 2.24) is 10.2 Å². The van der Waals surface area contributed by atoms with Crippen LogP contribution in [0.2, 0.25) is 0 Å². The molecular weight excluding hydrogens is 220 g/mol. The van der Waals surface area contributed by atoms with E-state index in [-0.39, 0.29) is 0 Å². The lowest BCUT2D eigenvalue weighted by atomic mass is 10.0. The molecule has 0 aromatic heterocycles. The van der Waals surface area contributed by atoms with E-state index in [0.29, 0.717) is 0 Å². The zero-order valence-corrected chi connectivity index (χ0v) is 12.7. The van der Waals surface area contributed by atoms with Gasteiger partial charge in [0.05, 0.1) is 0 Å². The Morgan fingerprint density at radius 1 is 0.889 bits per heavy atom. The predicted octanol–water partition coefficient (Wildman–Crippen LogP) is 3.81. The molecule has 18 heavy (non-hydrogen) atoms. The number of hydrogen-bond acceptors (Lipinski definition) is 2. The van der Waals surface area contributed by atoms with Crippen molar-refractivity contribution in [1.29, 1.82) is 0 Å². The number of unbranched alkanes of at least 4 members (excludes halogenated alkanes) is 5. The van der Waals surface area contributed by atoms with Gasteiger partial charge in [0.2, 0.25) is 0 Å². The summed E-state index contributed by atoms with van der Waals surface area (Å²) in [7, 11) is 0. The molecule has 0 unspecified atom stereocenters. The Hall–Kier alpha value is -0.0800. The first kappa shape index (κ1) is 16.0. The highest BCUT2D eigenvalue weighted by Gasteiger charge is 2.17. The van der Waals surface area contributed by atoms with Crippen LogP contribution in [-0.4, -0.2) is 37.1 Å².